The van der Waals surface area contributed by atoms with Crippen LogP contribution in [0.25, 0.3) is 5.69 Å². The fourth-order valence-corrected chi connectivity index (χ4v) is 4.58. The number of piperazine rings is 1. The zero-order chi connectivity index (χ0) is 27.3. The normalized spacial score (nSPS) is 17.7. The molecule has 2 aliphatic heterocycles. The largest absolute Gasteiger partial charge is 0.455 e. The van der Waals surface area contributed by atoms with E-state index >= 15 is 0 Å². The van der Waals surface area contributed by atoms with Gasteiger partial charge < -0.3 is 19.3 Å². The number of imidazole rings is 1. The summed E-state index contributed by atoms with van der Waals surface area (Å²) in [6.45, 7) is 16.1. The van der Waals surface area contributed by atoms with E-state index in [1.165, 1.54) is 0 Å². The third kappa shape index (κ3) is 5.57. The second-order valence-corrected chi connectivity index (χ2v) is 11.7. The van der Waals surface area contributed by atoms with Crippen LogP contribution >= 0.6 is 0 Å². The molecule has 0 saturated carbocycles. The van der Waals surface area contributed by atoms with E-state index in [4.69, 9.17) is 9.47 Å². The number of ether oxygens (including phenoxy) is 2. The Morgan fingerprint density at radius 1 is 0.973 bits per heavy atom. The number of rotatable bonds is 1. The summed E-state index contributed by atoms with van der Waals surface area (Å²) >= 11 is 0. The number of fused-ring (bicyclic) bond motifs is 3. The lowest BCUT2D eigenvalue weighted by Crippen LogP contribution is -2.58. The van der Waals surface area contributed by atoms with Gasteiger partial charge >= 0.3 is 18.1 Å². The molecule has 4 rings (SSSR count). The highest BCUT2D eigenvalue weighted by molar-refractivity contribution is 5.97. The Morgan fingerprint density at radius 3 is 2.27 bits per heavy atom. The monoisotopic (exact) mass is 511 g/mol. The van der Waals surface area contributed by atoms with Gasteiger partial charge in [-0.3, -0.25) is 9.47 Å². The van der Waals surface area contributed by atoms with Gasteiger partial charge in [-0.05, 0) is 73.1 Å². The molecule has 3 amide bonds. The molecule has 10 nitrogen and oxygen atoms in total. The number of hydrogen-bond donors (Lipinski definition) is 0. The highest BCUT2D eigenvalue weighted by Crippen LogP contribution is 2.35. The number of nitrogens with zero attached hydrogens (tertiary/aromatic N) is 5. The van der Waals surface area contributed by atoms with Crippen molar-refractivity contribution in [3.63, 3.8) is 0 Å². The maximum atomic E-state index is 13.9. The maximum Gasteiger partial charge on any atom is 0.410 e. The average Bonchev–Trinajstić information content (AvgIpc) is 3.19. The van der Waals surface area contributed by atoms with Crippen LogP contribution in [0, 0.1) is 6.92 Å². The van der Waals surface area contributed by atoms with E-state index < -0.39 is 17.2 Å². The second-order valence-electron chi connectivity index (χ2n) is 11.7. The van der Waals surface area contributed by atoms with Crippen LogP contribution < -0.4 is 4.90 Å². The first-order valence-electron chi connectivity index (χ1n) is 12.6. The smallest absolute Gasteiger partial charge is 0.410 e. The van der Waals surface area contributed by atoms with Gasteiger partial charge in [-0.25, -0.2) is 19.4 Å². The summed E-state index contributed by atoms with van der Waals surface area (Å²) in [5.74, 6) is -0.524. The van der Waals surface area contributed by atoms with Gasteiger partial charge in [0.15, 0.2) is 5.69 Å². The van der Waals surface area contributed by atoms with Gasteiger partial charge in [-0.2, -0.15) is 0 Å². The van der Waals surface area contributed by atoms with Crippen LogP contribution in [-0.4, -0.2) is 74.3 Å². The van der Waals surface area contributed by atoms with Crippen molar-refractivity contribution in [2.45, 2.75) is 79.2 Å². The standard InChI is InChI=1S/C27H37N5O5/c1-17-9-10-19-20(13-17)31(15-21-22(28-16-32(19)21)23(33)36-26(3,4)5)24(34)29-11-12-30(18(2)14-29)25(35)37-27(6,7)8/h9-10,13,16,18H,11-12,14-15H2,1-8H3/t18-/m1/s1. The number of anilines is 1. The van der Waals surface area contributed by atoms with E-state index in [-0.39, 0.29) is 30.4 Å². The molecule has 10 heteroatoms. The Morgan fingerprint density at radius 2 is 1.65 bits per heavy atom. The summed E-state index contributed by atoms with van der Waals surface area (Å²) in [6.07, 6.45) is 1.23. The zero-order valence-electron chi connectivity index (χ0n) is 23.0. The van der Waals surface area contributed by atoms with Crippen molar-refractivity contribution in [1.29, 1.82) is 0 Å². The summed E-state index contributed by atoms with van der Waals surface area (Å²) < 4.78 is 13.0. The highest BCUT2D eigenvalue weighted by Gasteiger charge is 2.38. The molecule has 0 unspecified atom stereocenters. The number of amides is 3. The summed E-state index contributed by atoms with van der Waals surface area (Å²) in [5, 5.41) is 0. The number of esters is 1. The van der Waals surface area contributed by atoms with Gasteiger partial charge in [-0.1, -0.05) is 6.07 Å². The molecule has 2 aliphatic rings. The third-order valence-electron chi connectivity index (χ3n) is 6.20. The number of hydrogen-bond acceptors (Lipinski definition) is 6. The van der Waals surface area contributed by atoms with Crippen molar-refractivity contribution in [3.05, 3.63) is 41.5 Å². The Kier molecular flexibility index (Phi) is 6.73. The first kappa shape index (κ1) is 26.5. The number of aryl methyl sites for hydroxylation is 1. The van der Waals surface area contributed by atoms with Crippen molar-refractivity contribution in [2.75, 3.05) is 24.5 Å². The number of aromatic nitrogens is 2. The molecule has 1 aromatic carbocycles. The molecule has 0 aliphatic carbocycles. The molecular weight excluding hydrogens is 474 g/mol. The summed E-state index contributed by atoms with van der Waals surface area (Å²) in [7, 11) is 0. The Hall–Kier alpha value is -3.56. The molecule has 1 fully saturated rings. The molecule has 1 aromatic heterocycles. The minimum Gasteiger partial charge on any atom is -0.455 e. The first-order valence-corrected chi connectivity index (χ1v) is 12.6. The Balaban J connectivity index is 1.60. The topological polar surface area (TPSA) is 97.2 Å². The van der Waals surface area contributed by atoms with Crippen LogP contribution in [0.5, 0.6) is 0 Å². The zero-order valence-corrected chi connectivity index (χ0v) is 23.0. The fraction of sp³-hybridized carbons (Fsp3) is 0.556. The summed E-state index contributed by atoms with van der Waals surface area (Å²) in [5.41, 5.74) is 2.05. The van der Waals surface area contributed by atoms with E-state index in [2.05, 4.69) is 4.98 Å². The van der Waals surface area contributed by atoms with Gasteiger partial charge in [-0.15, -0.1) is 0 Å². The average molecular weight is 512 g/mol. The van der Waals surface area contributed by atoms with E-state index in [9.17, 15) is 14.4 Å². The molecule has 37 heavy (non-hydrogen) atoms. The van der Waals surface area contributed by atoms with E-state index in [0.29, 0.717) is 25.3 Å². The van der Waals surface area contributed by atoms with Crippen LogP contribution in [0.1, 0.15) is 70.2 Å². The minimum absolute atomic E-state index is 0.171. The van der Waals surface area contributed by atoms with E-state index in [0.717, 1.165) is 16.9 Å². The molecule has 1 atom stereocenters. The summed E-state index contributed by atoms with van der Waals surface area (Å²) in [6, 6.07) is 5.45. The molecule has 0 radical (unpaired) electrons. The lowest BCUT2D eigenvalue weighted by atomic mass is 10.1. The van der Waals surface area contributed by atoms with Gasteiger partial charge in [0, 0.05) is 25.7 Å². The predicted octanol–water partition coefficient (Wildman–Crippen LogP) is 4.52. The number of benzene rings is 1. The molecule has 200 valence electrons. The Labute approximate surface area is 218 Å². The number of carbonyl (C=O) groups excluding carboxylic acids is 3. The fourth-order valence-electron chi connectivity index (χ4n) is 4.58. The highest BCUT2D eigenvalue weighted by atomic mass is 16.6. The van der Waals surface area contributed by atoms with Crippen molar-refractivity contribution < 1.29 is 23.9 Å². The molecule has 3 heterocycles. The minimum atomic E-state index is -0.670. The van der Waals surface area contributed by atoms with E-state index in [1.807, 2.05) is 57.4 Å². The Bertz CT molecular complexity index is 1220. The van der Waals surface area contributed by atoms with Crippen molar-refractivity contribution in [1.82, 2.24) is 19.4 Å². The van der Waals surface area contributed by atoms with Crippen molar-refractivity contribution >= 4 is 23.8 Å². The van der Waals surface area contributed by atoms with Gasteiger partial charge in [0.2, 0.25) is 0 Å². The molecule has 0 bridgehead atoms. The van der Waals surface area contributed by atoms with Crippen molar-refractivity contribution in [3.8, 4) is 5.69 Å². The SMILES string of the molecule is Cc1ccc2c(c1)N(C(=O)N1CCN(C(=O)OC(C)(C)C)[C@H](C)C1)Cc1c(C(=O)OC(C)(C)C)ncn1-2. The van der Waals surface area contributed by atoms with Crippen LogP contribution in [0.15, 0.2) is 24.5 Å². The van der Waals surface area contributed by atoms with Crippen LogP contribution in [0.3, 0.4) is 0 Å². The van der Waals surface area contributed by atoms with Crippen LogP contribution in [0.4, 0.5) is 15.3 Å². The lowest BCUT2D eigenvalue weighted by Gasteiger charge is -2.42. The molecule has 0 N–H and O–H groups in total. The maximum absolute atomic E-state index is 13.9. The van der Waals surface area contributed by atoms with Gasteiger partial charge in [0.05, 0.1) is 23.6 Å². The van der Waals surface area contributed by atoms with Gasteiger partial charge in [0.25, 0.3) is 0 Å². The van der Waals surface area contributed by atoms with Crippen molar-refractivity contribution in [2.24, 2.45) is 0 Å². The molecule has 1 saturated heterocycles. The number of carbonyl (C=O) groups is 3. The third-order valence-corrected chi connectivity index (χ3v) is 6.20. The molecule has 2 aromatic rings. The predicted molar refractivity (Wildman–Crippen MR) is 139 cm³/mol. The van der Waals surface area contributed by atoms with Crippen LogP contribution in [0.2, 0.25) is 0 Å². The van der Waals surface area contributed by atoms with E-state index in [1.54, 1.807) is 41.8 Å². The second kappa shape index (κ2) is 9.39. The molecular formula is C27H37N5O5. The quantitative estimate of drug-likeness (QED) is 0.523. The first-order chi connectivity index (χ1) is 17.1. The van der Waals surface area contributed by atoms with Gasteiger partial charge in [0.1, 0.15) is 17.5 Å². The van der Waals surface area contributed by atoms with Crippen LogP contribution in [-0.2, 0) is 16.0 Å². The molecule has 0 spiro atoms. The lowest BCUT2D eigenvalue weighted by molar-refractivity contribution is 0.00506. The summed E-state index contributed by atoms with van der Waals surface area (Å²) in [4.78, 5) is 48.9. The number of urea groups is 1.